The number of hydrogen-bond acceptors (Lipinski definition) is 2. The normalized spacial score (nSPS) is 45.9. The van der Waals surface area contributed by atoms with Crippen LogP contribution in [0.15, 0.2) is 0 Å². The van der Waals surface area contributed by atoms with Gasteiger partial charge in [-0.15, -0.1) is 0 Å². The predicted octanol–water partition coefficient (Wildman–Crippen LogP) is 0.794. The van der Waals surface area contributed by atoms with Gasteiger partial charge in [-0.2, -0.15) is 0 Å². The van der Waals surface area contributed by atoms with Crippen LogP contribution in [0, 0.1) is 11.8 Å². The molecule has 0 unspecified atom stereocenters. The fraction of sp³-hybridized carbons (Fsp3) is 1.00. The molecule has 0 spiro atoms. The molecule has 2 aliphatic rings. The maximum absolute atomic E-state index is 8.78. The van der Waals surface area contributed by atoms with Crippen molar-refractivity contribution in [1.82, 2.24) is 0 Å². The Balaban J connectivity index is 1.79. The maximum Gasteiger partial charge on any atom is 0.0607 e. The third-order valence-corrected chi connectivity index (χ3v) is 2.65. The zero-order chi connectivity index (χ0) is 6.97. The topological polar surface area (TPSA) is 29.5 Å². The van der Waals surface area contributed by atoms with Gasteiger partial charge in [0.15, 0.2) is 0 Å². The van der Waals surface area contributed by atoms with Gasteiger partial charge in [-0.25, -0.2) is 0 Å². The average Bonchev–Trinajstić information content (AvgIpc) is 2.56. The Morgan fingerprint density at radius 3 is 2.90 bits per heavy atom. The van der Waals surface area contributed by atoms with Gasteiger partial charge in [0.25, 0.3) is 0 Å². The first-order valence-corrected chi connectivity index (χ1v) is 4.14. The fourth-order valence-corrected chi connectivity index (χ4v) is 1.88. The smallest absolute Gasteiger partial charge is 0.0607 e. The Kier molecular flexibility index (Phi) is 1.66. The minimum Gasteiger partial charge on any atom is -0.396 e. The van der Waals surface area contributed by atoms with Crippen molar-refractivity contribution in [3.63, 3.8) is 0 Å². The first-order valence-electron chi connectivity index (χ1n) is 4.14. The lowest BCUT2D eigenvalue weighted by Crippen LogP contribution is -2.09. The van der Waals surface area contributed by atoms with Crippen LogP contribution in [-0.2, 0) is 4.74 Å². The van der Waals surface area contributed by atoms with E-state index < -0.39 is 0 Å². The highest BCUT2D eigenvalue weighted by atomic mass is 16.5. The van der Waals surface area contributed by atoms with Gasteiger partial charge in [0.2, 0.25) is 0 Å². The van der Waals surface area contributed by atoms with Crippen molar-refractivity contribution < 1.29 is 9.84 Å². The second-order valence-electron chi connectivity index (χ2n) is 3.39. The minimum absolute atomic E-state index is 0.366. The van der Waals surface area contributed by atoms with E-state index in [1.807, 2.05) is 0 Å². The van der Waals surface area contributed by atoms with Crippen LogP contribution in [-0.4, -0.2) is 24.4 Å². The highest BCUT2D eigenvalue weighted by Gasteiger charge is 2.43. The van der Waals surface area contributed by atoms with Gasteiger partial charge in [0.05, 0.1) is 6.10 Å². The largest absolute Gasteiger partial charge is 0.396 e. The molecule has 0 aromatic carbocycles. The summed E-state index contributed by atoms with van der Waals surface area (Å²) >= 11 is 0. The molecular weight excluding hydrogens is 128 g/mol. The molecular formula is C8H14O2. The first kappa shape index (κ1) is 6.62. The highest BCUT2D eigenvalue weighted by molar-refractivity contribution is 4.92. The van der Waals surface area contributed by atoms with Crippen molar-refractivity contribution in [3.8, 4) is 0 Å². The quantitative estimate of drug-likeness (QED) is 0.617. The molecule has 0 aromatic heterocycles. The summed E-state index contributed by atoms with van der Waals surface area (Å²) in [5.41, 5.74) is 0. The van der Waals surface area contributed by atoms with Crippen molar-refractivity contribution >= 4 is 0 Å². The Morgan fingerprint density at radius 2 is 2.40 bits per heavy atom. The van der Waals surface area contributed by atoms with Crippen molar-refractivity contribution in [1.29, 1.82) is 0 Å². The summed E-state index contributed by atoms with van der Waals surface area (Å²) < 4.78 is 5.50. The third-order valence-electron chi connectivity index (χ3n) is 2.65. The number of rotatable bonds is 2. The molecule has 0 amide bonds. The summed E-state index contributed by atoms with van der Waals surface area (Å²) in [6, 6.07) is 0. The molecule has 2 nitrogen and oxygen atoms in total. The molecule has 58 valence electrons. The molecule has 0 bridgehead atoms. The van der Waals surface area contributed by atoms with Crippen LogP contribution in [0.1, 0.15) is 19.3 Å². The zero-order valence-corrected chi connectivity index (χ0v) is 6.12. The average molecular weight is 142 g/mol. The van der Waals surface area contributed by atoms with Crippen LogP contribution in [0.2, 0.25) is 0 Å². The van der Waals surface area contributed by atoms with E-state index >= 15 is 0 Å². The third kappa shape index (κ3) is 1.06. The van der Waals surface area contributed by atoms with Crippen molar-refractivity contribution in [2.45, 2.75) is 25.4 Å². The molecule has 1 saturated carbocycles. The van der Waals surface area contributed by atoms with Crippen LogP contribution in [0.4, 0.5) is 0 Å². The Labute approximate surface area is 61.2 Å². The van der Waals surface area contributed by atoms with Gasteiger partial charge in [-0.1, -0.05) is 0 Å². The van der Waals surface area contributed by atoms with Gasteiger partial charge in [-0.3, -0.25) is 0 Å². The Hall–Kier alpha value is -0.0800. The monoisotopic (exact) mass is 142 g/mol. The van der Waals surface area contributed by atoms with Gasteiger partial charge in [0, 0.05) is 13.2 Å². The van der Waals surface area contributed by atoms with Crippen molar-refractivity contribution in [2.75, 3.05) is 13.2 Å². The van der Waals surface area contributed by atoms with E-state index in [9.17, 15) is 0 Å². The molecule has 2 fully saturated rings. The van der Waals surface area contributed by atoms with Crippen LogP contribution in [0.25, 0.3) is 0 Å². The van der Waals surface area contributed by atoms with E-state index in [2.05, 4.69) is 0 Å². The summed E-state index contributed by atoms with van der Waals surface area (Å²) in [7, 11) is 0. The molecule has 1 aliphatic carbocycles. The van der Waals surface area contributed by atoms with Crippen molar-refractivity contribution in [2.24, 2.45) is 11.8 Å². The van der Waals surface area contributed by atoms with Gasteiger partial charge in [-0.05, 0) is 31.1 Å². The fourth-order valence-electron chi connectivity index (χ4n) is 1.88. The molecule has 3 atom stereocenters. The van der Waals surface area contributed by atoms with Crippen LogP contribution in [0.3, 0.4) is 0 Å². The van der Waals surface area contributed by atoms with Crippen LogP contribution >= 0.6 is 0 Å². The maximum atomic E-state index is 8.78. The van der Waals surface area contributed by atoms with Gasteiger partial charge in [0.1, 0.15) is 0 Å². The molecule has 2 heteroatoms. The second-order valence-corrected chi connectivity index (χ2v) is 3.39. The van der Waals surface area contributed by atoms with E-state index in [-0.39, 0.29) is 0 Å². The second kappa shape index (κ2) is 2.51. The lowest BCUT2D eigenvalue weighted by atomic mass is 10.1. The van der Waals surface area contributed by atoms with E-state index in [0.29, 0.717) is 24.5 Å². The molecule has 1 N–H and O–H groups in total. The molecule has 10 heavy (non-hydrogen) atoms. The van der Waals surface area contributed by atoms with E-state index in [1.165, 1.54) is 19.3 Å². The molecule has 1 heterocycles. The standard InChI is InChI=1S/C8H14O2/c9-5-6-4-7(6)8-2-1-3-10-8/h6-9H,1-5H2/t6-,7+,8+/m0/s1. The molecule has 1 saturated heterocycles. The molecule has 1 aliphatic heterocycles. The van der Waals surface area contributed by atoms with Crippen LogP contribution < -0.4 is 0 Å². The van der Waals surface area contributed by atoms with Gasteiger partial charge >= 0.3 is 0 Å². The van der Waals surface area contributed by atoms with Crippen LogP contribution in [0.5, 0.6) is 0 Å². The summed E-state index contributed by atoms with van der Waals surface area (Å²) in [6.45, 7) is 1.31. The van der Waals surface area contributed by atoms with E-state index in [0.717, 1.165) is 6.61 Å². The Bertz CT molecular complexity index is 118. The van der Waals surface area contributed by atoms with Gasteiger partial charge < -0.3 is 9.84 Å². The number of aliphatic hydroxyl groups is 1. The SMILES string of the molecule is OC[C@@H]1C[C@H]1[C@H]1CCCO1. The lowest BCUT2D eigenvalue weighted by molar-refractivity contribution is 0.0855. The lowest BCUT2D eigenvalue weighted by Gasteiger charge is -2.06. The first-order chi connectivity index (χ1) is 4.92. The summed E-state index contributed by atoms with van der Waals surface area (Å²) in [5.74, 6) is 1.27. The predicted molar refractivity (Wildman–Crippen MR) is 37.7 cm³/mol. The van der Waals surface area contributed by atoms with Crippen molar-refractivity contribution in [3.05, 3.63) is 0 Å². The summed E-state index contributed by atoms with van der Waals surface area (Å²) in [5, 5.41) is 8.78. The molecule has 2 rings (SSSR count). The minimum atomic E-state index is 0.366. The number of aliphatic hydroxyl groups excluding tert-OH is 1. The zero-order valence-electron chi connectivity index (χ0n) is 6.12. The molecule has 0 radical (unpaired) electrons. The summed E-state index contributed by atoms with van der Waals surface area (Å²) in [6.07, 6.45) is 4.14. The number of hydrogen-bond donors (Lipinski definition) is 1. The highest BCUT2D eigenvalue weighted by Crippen LogP contribution is 2.44. The van der Waals surface area contributed by atoms with E-state index in [4.69, 9.17) is 9.84 Å². The Morgan fingerprint density at radius 1 is 1.50 bits per heavy atom. The van der Waals surface area contributed by atoms with E-state index in [1.54, 1.807) is 0 Å². The molecule has 0 aromatic rings. The summed E-state index contributed by atoms with van der Waals surface area (Å²) in [4.78, 5) is 0. The number of ether oxygens (including phenoxy) is 1.